The molecule has 0 atom stereocenters. The highest BCUT2D eigenvalue weighted by molar-refractivity contribution is 9.10. The summed E-state index contributed by atoms with van der Waals surface area (Å²) < 4.78 is 11.2. The van der Waals surface area contributed by atoms with Crippen LogP contribution in [-0.4, -0.2) is 44.3 Å². The summed E-state index contributed by atoms with van der Waals surface area (Å²) in [6, 6.07) is 12.6. The number of methoxy groups -OCH3 is 1. The molecule has 0 saturated heterocycles. The van der Waals surface area contributed by atoms with Crippen molar-refractivity contribution in [1.29, 1.82) is 0 Å². The van der Waals surface area contributed by atoms with E-state index in [1.54, 1.807) is 32.4 Å². The molecular formula is C21H24BrN3O4S. The van der Waals surface area contributed by atoms with Crippen molar-refractivity contribution in [3.63, 3.8) is 0 Å². The van der Waals surface area contributed by atoms with Gasteiger partial charge in [-0.2, -0.15) is 0 Å². The first-order chi connectivity index (χ1) is 14.4. The molecule has 0 saturated carbocycles. The third kappa shape index (κ3) is 7.74. The fourth-order valence-corrected chi connectivity index (χ4v) is 3.17. The van der Waals surface area contributed by atoms with Crippen LogP contribution in [0, 0.1) is 0 Å². The lowest BCUT2D eigenvalue weighted by Gasteiger charge is -2.12. The lowest BCUT2D eigenvalue weighted by molar-refractivity contribution is -0.120. The van der Waals surface area contributed by atoms with Gasteiger partial charge < -0.3 is 20.1 Å². The average Bonchev–Trinajstić information content (AvgIpc) is 2.74. The van der Waals surface area contributed by atoms with Gasteiger partial charge in [0, 0.05) is 31.8 Å². The standard InChI is InChI=1S/C21H24BrN3O4S/c1-23-19(26)10-5-14-3-7-16(8-4-14)24-21(30)25-20(27)15-6-9-18(17(22)13-15)29-12-11-28-2/h3-4,6-9,13H,5,10-12H2,1-2H3,(H,23,26)(H2,24,25,27,30). The highest BCUT2D eigenvalue weighted by Crippen LogP contribution is 2.26. The van der Waals surface area contributed by atoms with E-state index in [-0.39, 0.29) is 16.9 Å². The topological polar surface area (TPSA) is 88.7 Å². The molecule has 2 rings (SSSR count). The van der Waals surface area contributed by atoms with E-state index in [2.05, 4.69) is 31.9 Å². The van der Waals surface area contributed by atoms with Crippen molar-refractivity contribution in [1.82, 2.24) is 10.6 Å². The summed E-state index contributed by atoms with van der Waals surface area (Å²) in [5.41, 5.74) is 2.22. The number of rotatable bonds is 9. The Morgan fingerprint density at radius 1 is 1.10 bits per heavy atom. The largest absolute Gasteiger partial charge is 0.490 e. The molecule has 0 radical (unpaired) electrons. The molecule has 2 aromatic rings. The number of thiocarbonyl (C=S) groups is 1. The maximum Gasteiger partial charge on any atom is 0.257 e. The highest BCUT2D eigenvalue weighted by Gasteiger charge is 2.11. The number of ether oxygens (including phenoxy) is 2. The van der Waals surface area contributed by atoms with Crippen molar-refractivity contribution >= 4 is 50.8 Å². The summed E-state index contributed by atoms with van der Waals surface area (Å²) in [6.45, 7) is 0.892. The highest BCUT2D eigenvalue weighted by atomic mass is 79.9. The van der Waals surface area contributed by atoms with Crippen molar-refractivity contribution in [3.8, 4) is 5.75 Å². The minimum Gasteiger partial charge on any atom is -0.490 e. The van der Waals surface area contributed by atoms with E-state index in [9.17, 15) is 9.59 Å². The Morgan fingerprint density at radius 3 is 2.47 bits per heavy atom. The van der Waals surface area contributed by atoms with Crippen LogP contribution >= 0.6 is 28.1 Å². The lowest BCUT2D eigenvalue weighted by atomic mass is 10.1. The minimum absolute atomic E-state index is 0.00213. The molecule has 3 N–H and O–H groups in total. The number of hydrogen-bond donors (Lipinski definition) is 3. The predicted molar refractivity (Wildman–Crippen MR) is 124 cm³/mol. The monoisotopic (exact) mass is 493 g/mol. The summed E-state index contributed by atoms with van der Waals surface area (Å²) in [4.78, 5) is 23.8. The molecule has 0 unspecified atom stereocenters. The Morgan fingerprint density at radius 2 is 1.83 bits per heavy atom. The molecule has 2 aromatic carbocycles. The van der Waals surface area contributed by atoms with Crippen molar-refractivity contribution in [2.75, 3.05) is 32.7 Å². The Labute approximate surface area is 189 Å². The van der Waals surface area contributed by atoms with Crippen molar-refractivity contribution in [2.24, 2.45) is 0 Å². The number of carbonyl (C=O) groups excluding carboxylic acids is 2. The number of carbonyl (C=O) groups is 2. The third-order valence-electron chi connectivity index (χ3n) is 4.10. The van der Waals surface area contributed by atoms with Crippen LogP contribution in [0.4, 0.5) is 5.69 Å². The van der Waals surface area contributed by atoms with Crippen LogP contribution in [0.3, 0.4) is 0 Å². The summed E-state index contributed by atoms with van der Waals surface area (Å²) >= 11 is 8.63. The SMILES string of the molecule is CNC(=O)CCc1ccc(NC(=S)NC(=O)c2ccc(OCCOC)c(Br)c2)cc1. The maximum atomic E-state index is 12.4. The van der Waals surface area contributed by atoms with E-state index < -0.39 is 0 Å². The molecule has 160 valence electrons. The smallest absolute Gasteiger partial charge is 0.257 e. The van der Waals surface area contributed by atoms with E-state index in [1.807, 2.05) is 24.3 Å². The summed E-state index contributed by atoms with van der Waals surface area (Å²) in [5, 5.41) is 8.42. The average molecular weight is 494 g/mol. The first kappa shape index (κ1) is 23.8. The quantitative estimate of drug-likeness (QED) is 0.367. The Bertz CT molecular complexity index is 890. The van der Waals surface area contributed by atoms with Crippen LogP contribution in [-0.2, 0) is 16.0 Å². The Hall–Kier alpha value is -2.49. The lowest BCUT2D eigenvalue weighted by Crippen LogP contribution is -2.34. The second-order valence-corrected chi connectivity index (χ2v) is 7.53. The fourth-order valence-electron chi connectivity index (χ4n) is 2.47. The zero-order valence-corrected chi connectivity index (χ0v) is 19.2. The molecule has 0 spiro atoms. The number of nitrogens with one attached hydrogen (secondary N) is 3. The van der Waals surface area contributed by atoms with Crippen LogP contribution in [0.25, 0.3) is 0 Å². The van der Waals surface area contributed by atoms with Gasteiger partial charge in [0.1, 0.15) is 12.4 Å². The molecule has 7 nitrogen and oxygen atoms in total. The van der Waals surface area contributed by atoms with Crippen LogP contribution in [0.15, 0.2) is 46.9 Å². The van der Waals surface area contributed by atoms with Crippen molar-refractivity contribution < 1.29 is 19.1 Å². The zero-order chi connectivity index (χ0) is 21.9. The number of halogens is 1. The van der Waals surface area contributed by atoms with Gasteiger partial charge in [-0.25, -0.2) is 0 Å². The van der Waals surface area contributed by atoms with Gasteiger partial charge in [0.25, 0.3) is 5.91 Å². The van der Waals surface area contributed by atoms with Gasteiger partial charge in [0.05, 0.1) is 11.1 Å². The minimum atomic E-state index is -0.334. The second-order valence-electron chi connectivity index (χ2n) is 6.26. The van der Waals surface area contributed by atoms with Gasteiger partial charge in [-0.3, -0.25) is 14.9 Å². The van der Waals surface area contributed by atoms with Crippen molar-refractivity contribution in [3.05, 3.63) is 58.1 Å². The fraction of sp³-hybridized carbons (Fsp3) is 0.286. The van der Waals surface area contributed by atoms with Gasteiger partial charge in [0.15, 0.2) is 5.11 Å². The number of benzene rings is 2. The van der Waals surface area contributed by atoms with Gasteiger partial charge >= 0.3 is 0 Å². The van der Waals surface area contributed by atoms with Crippen LogP contribution < -0.4 is 20.7 Å². The first-order valence-corrected chi connectivity index (χ1v) is 10.5. The summed E-state index contributed by atoms with van der Waals surface area (Å²) in [7, 11) is 3.22. The molecule has 9 heteroatoms. The van der Waals surface area contributed by atoms with E-state index in [0.717, 1.165) is 11.3 Å². The molecule has 0 aliphatic rings. The van der Waals surface area contributed by atoms with Gasteiger partial charge in [0.2, 0.25) is 5.91 Å². The first-order valence-electron chi connectivity index (χ1n) is 9.26. The number of hydrogen-bond acceptors (Lipinski definition) is 5. The van der Waals surface area contributed by atoms with E-state index >= 15 is 0 Å². The van der Waals surface area contributed by atoms with Crippen LogP contribution in [0.2, 0.25) is 0 Å². The third-order valence-corrected chi connectivity index (χ3v) is 4.92. The number of amides is 2. The normalized spacial score (nSPS) is 10.2. The molecule has 0 fully saturated rings. The van der Waals surface area contributed by atoms with E-state index in [0.29, 0.717) is 41.8 Å². The zero-order valence-electron chi connectivity index (χ0n) is 16.8. The second kappa shape index (κ2) is 12.3. The Balaban J connectivity index is 1.87. The molecule has 0 aliphatic carbocycles. The molecule has 0 aliphatic heterocycles. The predicted octanol–water partition coefficient (Wildman–Crippen LogP) is 3.28. The molecule has 2 amide bonds. The van der Waals surface area contributed by atoms with Crippen LogP contribution in [0.1, 0.15) is 22.3 Å². The summed E-state index contributed by atoms with van der Waals surface area (Å²) in [5.74, 6) is 0.293. The maximum absolute atomic E-state index is 12.4. The number of anilines is 1. The number of aryl methyl sites for hydroxylation is 1. The van der Waals surface area contributed by atoms with E-state index in [1.165, 1.54) is 0 Å². The molecule has 0 heterocycles. The van der Waals surface area contributed by atoms with Crippen molar-refractivity contribution in [2.45, 2.75) is 12.8 Å². The van der Waals surface area contributed by atoms with Gasteiger partial charge in [-0.15, -0.1) is 0 Å². The van der Waals surface area contributed by atoms with Gasteiger partial charge in [-0.05, 0) is 70.5 Å². The molecular weight excluding hydrogens is 470 g/mol. The van der Waals surface area contributed by atoms with Crippen LogP contribution in [0.5, 0.6) is 5.75 Å². The summed E-state index contributed by atoms with van der Waals surface area (Å²) in [6.07, 6.45) is 1.09. The molecule has 30 heavy (non-hydrogen) atoms. The van der Waals surface area contributed by atoms with E-state index in [4.69, 9.17) is 21.7 Å². The molecule has 0 aromatic heterocycles. The molecule has 0 bridgehead atoms. The van der Waals surface area contributed by atoms with Gasteiger partial charge in [-0.1, -0.05) is 12.1 Å². The Kier molecular flexibility index (Phi) is 9.72.